The van der Waals surface area contributed by atoms with Crippen LogP contribution in [0.3, 0.4) is 0 Å². The van der Waals surface area contributed by atoms with Crippen molar-refractivity contribution in [2.24, 2.45) is 7.05 Å². The number of anilines is 1. The number of nitriles is 1. The number of aromatic nitrogens is 3. The highest BCUT2D eigenvalue weighted by atomic mass is 32.2. The molecule has 250 valence electrons. The number of hydrogen-bond acceptors (Lipinski definition) is 7. The monoisotopic (exact) mass is 657 g/mol. The normalized spacial score (nSPS) is 17.5. The molecule has 2 unspecified atom stereocenters. The number of likely N-dealkylation sites (tertiary alicyclic amines) is 1. The van der Waals surface area contributed by atoms with Crippen molar-refractivity contribution < 1.29 is 26.5 Å². The summed E-state index contributed by atoms with van der Waals surface area (Å²) in [5, 5.41) is 15.0. The molecule has 1 aromatic carbocycles. The fraction of sp³-hybridized carbons (Fsp3) is 0.567. The molecule has 1 fully saturated rings. The molecule has 1 saturated heterocycles. The van der Waals surface area contributed by atoms with Crippen LogP contribution in [0.2, 0.25) is 0 Å². The number of pyridine rings is 1. The van der Waals surface area contributed by atoms with E-state index in [1.807, 2.05) is 48.6 Å². The van der Waals surface area contributed by atoms with Crippen LogP contribution in [0, 0.1) is 11.3 Å². The van der Waals surface area contributed by atoms with Gasteiger partial charge >= 0.3 is 6.18 Å². The molecule has 2 N–H and O–H groups in total. The van der Waals surface area contributed by atoms with Crippen molar-refractivity contribution in [1.29, 1.82) is 5.26 Å². The van der Waals surface area contributed by atoms with Gasteiger partial charge in [-0.15, -0.1) is 0 Å². The van der Waals surface area contributed by atoms with Crippen molar-refractivity contribution >= 4 is 27.7 Å². The minimum atomic E-state index is -4.14. The molecule has 0 aliphatic carbocycles. The van der Waals surface area contributed by atoms with Gasteiger partial charge in [0.1, 0.15) is 22.5 Å². The lowest BCUT2D eigenvalue weighted by Gasteiger charge is -2.35. The maximum Gasteiger partial charge on any atom is 0.401 e. The zero-order valence-electron chi connectivity index (χ0n) is 26.4. The smallest absolute Gasteiger partial charge is 0.378 e. The number of benzene rings is 1. The molecule has 4 heterocycles. The summed E-state index contributed by atoms with van der Waals surface area (Å²) in [5.41, 5.74) is 1.77. The van der Waals surface area contributed by atoms with Crippen molar-refractivity contribution in [3.05, 3.63) is 52.4 Å². The highest BCUT2D eigenvalue weighted by Gasteiger charge is 2.37. The number of piperidine rings is 1. The first-order chi connectivity index (χ1) is 21.4. The van der Waals surface area contributed by atoms with Gasteiger partial charge in [-0.05, 0) is 43.9 Å². The first kappa shape index (κ1) is 37.9. The van der Waals surface area contributed by atoms with Gasteiger partial charge in [-0.3, -0.25) is 14.4 Å². The van der Waals surface area contributed by atoms with E-state index in [-0.39, 0.29) is 18.2 Å². The lowest BCUT2D eigenvalue weighted by molar-refractivity contribution is -0.148. The van der Waals surface area contributed by atoms with Gasteiger partial charge in [-0.2, -0.15) is 23.5 Å². The van der Waals surface area contributed by atoms with E-state index < -0.39 is 29.9 Å². The third-order valence-electron chi connectivity index (χ3n) is 6.77. The SMILES string of the molecule is CC#N.CCCOCC(C)F.CNc1nn(C)c2cc[nH]c(=O)c12.O=S1c2ccccc2CN1C1CCN(CC(F)(F)F)CC1. The molecule has 2 aromatic heterocycles. The summed E-state index contributed by atoms with van der Waals surface area (Å²) in [5.74, 6) is 0.611. The second-order valence-corrected chi connectivity index (χ2v) is 11.8. The molecule has 15 heteroatoms. The number of alkyl halides is 4. The number of rotatable bonds is 7. The highest BCUT2D eigenvalue weighted by molar-refractivity contribution is 7.83. The minimum absolute atomic E-state index is 0.0997. The molecule has 45 heavy (non-hydrogen) atoms. The number of fused-ring (bicyclic) bond motifs is 2. The number of hydrogen-bond donors (Lipinski definition) is 2. The Kier molecular flexibility index (Phi) is 15.7. The number of nitrogens with zero attached hydrogens (tertiary/aromatic N) is 5. The first-order valence-corrected chi connectivity index (χ1v) is 15.8. The topological polar surface area (TPSA) is 119 Å². The van der Waals surface area contributed by atoms with Gasteiger partial charge in [-0.25, -0.2) is 12.9 Å². The summed E-state index contributed by atoms with van der Waals surface area (Å²) >= 11 is 0. The maximum atomic E-state index is 12.4. The summed E-state index contributed by atoms with van der Waals surface area (Å²) < 4.78 is 70.0. The van der Waals surface area contributed by atoms with Crippen molar-refractivity contribution in [3.63, 3.8) is 0 Å². The average molecular weight is 658 g/mol. The van der Waals surface area contributed by atoms with Crippen LogP contribution < -0.4 is 10.9 Å². The maximum absolute atomic E-state index is 12.4. The quantitative estimate of drug-likeness (QED) is 0.266. The molecule has 0 amide bonds. The summed E-state index contributed by atoms with van der Waals surface area (Å²) in [7, 11) is 2.38. The molecule has 10 nitrogen and oxygen atoms in total. The molecular formula is C30H43F4N7O3S. The largest absolute Gasteiger partial charge is 0.401 e. The van der Waals surface area contributed by atoms with Crippen LogP contribution in [0.15, 0.2) is 46.2 Å². The summed E-state index contributed by atoms with van der Waals surface area (Å²) in [6.07, 6.45) is -1.11. The molecule has 0 spiro atoms. The van der Waals surface area contributed by atoms with E-state index in [1.54, 1.807) is 24.0 Å². The van der Waals surface area contributed by atoms with Crippen molar-refractivity contribution in [1.82, 2.24) is 24.0 Å². The molecule has 2 aliphatic rings. The van der Waals surface area contributed by atoms with E-state index in [0.717, 1.165) is 22.4 Å². The van der Waals surface area contributed by atoms with Crippen LogP contribution in [0.1, 0.15) is 45.6 Å². The second kappa shape index (κ2) is 18.6. The van der Waals surface area contributed by atoms with Gasteiger partial charge in [0.15, 0.2) is 5.82 Å². The Bertz CT molecular complexity index is 1450. The average Bonchev–Trinajstić information content (AvgIpc) is 3.51. The van der Waals surface area contributed by atoms with Crippen molar-refractivity contribution in [2.45, 2.75) is 69.9 Å². The van der Waals surface area contributed by atoms with Crippen LogP contribution >= 0.6 is 0 Å². The predicted molar refractivity (Wildman–Crippen MR) is 168 cm³/mol. The fourth-order valence-electron chi connectivity index (χ4n) is 4.83. The number of halogens is 4. The zero-order chi connectivity index (χ0) is 33.6. The molecule has 0 saturated carbocycles. The number of aryl methyl sites for hydroxylation is 1. The van der Waals surface area contributed by atoms with E-state index in [1.165, 1.54) is 18.7 Å². The number of nitrogens with one attached hydrogen (secondary N) is 2. The Morgan fingerprint density at radius 2 is 1.89 bits per heavy atom. The van der Waals surface area contributed by atoms with E-state index in [2.05, 4.69) is 15.4 Å². The van der Waals surface area contributed by atoms with Crippen molar-refractivity contribution in [2.75, 3.05) is 45.2 Å². The zero-order valence-corrected chi connectivity index (χ0v) is 27.2. The molecule has 0 bridgehead atoms. The van der Waals surface area contributed by atoms with Gasteiger partial charge in [0, 0.05) is 59.5 Å². The Labute approximate surface area is 263 Å². The fourth-order valence-corrected chi connectivity index (χ4v) is 6.37. The van der Waals surface area contributed by atoms with Crippen LogP contribution in [0.25, 0.3) is 10.9 Å². The Morgan fingerprint density at radius 3 is 2.44 bits per heavy atom. The van der Waals surface area contributed by atoms with Gasteiger partial charge < -0.3 is 15.0 Å². The summed E-state index contributed by atoms with van der Waals surface area (Å²) in [6.45, 7) is 6.46. The van der Waals surface area contributed by atoms with E-state index >= 15 is 0 Å². The number of H-pyrrole nitrogens is 1. The third kappa shape index (κ3) is 11.8. The van der Waals surface area contributed by atoms with Crippen molar-refractivity contribution in [3.8, 4) is 6.07 Å². The molecule has 5 rings (SSSR count). The van der Waals surface area contributed by atoms with E-state index in [4.69, 9.17) is 10.00 Å². The van der Waals surface area contributed by atoms with Crippen LogP contribution in [-0.2, 0) is 29.3 Å². The molecule has 2 aliphatic heterocycles. The lowest BCUT2D eigenvalue weighted by Crippen LogP contribution is -2.46. The predicted octanol–water partition coefficient (Wildman–Crippen LogP) is 5.16. The number of aromatic amines is 1. The van der Waals surface area contributed by atoms with Gasteiger partial charge in [0.25, 0.3) is 5.56 Å². The standard InChI is InChI=1S/C14H17F3N2OS.C8H10N4O.C6H13FO.C2H3N/c15-14(16,17)10-18-7-5-12(6-8-18)19-9-11-3-1-2-4-13(11)21(19)20;1-9-7-6-5(12(2)11-7)3-4-10-8(6)13;1-3-4-8-5-6(2)7;1-2-3/h1-4,12H,5-10H2;3-4H,1-2H3,(H,9,11)(H,10,13);6H,3-5H2,1-2H3;1H3. The van der Waals surface area contributed by atoms with Gasteiger partial charge in [0.2, 0.25) is 0 Å². The second-order valence-electron chi connectivity index (χ2n) is 10.4. The first-order valence-electron chi connectivity index (χ1n) is 14.7. The van der Waals surface area contributed by atoms with Crippen LogP contribution in [0.4, 0.5) is 23.4 Å². The van der Waals surface area contributed by atoms with E-state index in [0.29, 0.717) is 50.3 Å². The van der Waals surface area contributed by atoms with Crippen LogP contribution in [-0.4, -0.2) is 86.5 Å². The summed E-state index contributed by atoms with van der Waals surface area (Å²) in [4.78, 5) is 16.3. The molecule has 2 atom stereocenters. The lowest BCUT2D eigenvalue weighted by atomic mass is 10.0. The summed E-state index contributed by atoms with van der Waals surface area (Å²) in [6, 6.07) is 11.3. The minimum Gasteiger partial charge on any atom is -0.378 e. The highest BCUT2D eigenvalue weighted by Crippen LogP contribution is 2.32. The number of ether oxygens (including phenoxy) is 1. The van der Waals surface area contributed by atoms with Gasteiger partial charge in [-0.1, -0.05) is 25.1 Å². The van der Waals surface area contributed by atoms with Crippen LogP contribution in [0.5, 0.6) is 0 Å². The van der Waals surface area contributed by atoms with E-state index in [9.17, 15) is 26.6 Å². The Morgan fingerprint density at radius 1 is 1.24 bits per heavy atom. The third-order valence-corrected chi connectivity index (χ3v) is 8.40. The molecule has 0 radical (unpaired) electrons. The Hall–Kier alpha value is -3.32. The Balaban J connectivity index is 0.000000250. The molecule has 3 aromatic rings. The molecular weight excluding hydrogens is 614 g/mol. The van der Waals surface area contributed by atoms with Gasteiger partial charge in [0.05, 0.1) is 29.6 Å².